The standard InChI is InChI=1S/C27H30F4N6O4S/c1-36-10-9-20(18(28)14-36)33-19-5-4-6-22-17(19)12-23(37(22)15-27(29,30)31)26-35-34-25(41-26)13-32-21-8-7-16(42(3,38)39)11-24(21)40-2/h4-8,11-12,18,20,32-33H,9-10,13-15H2,1-3H3. The number of nitrogens with zero attached hydrogens (tertiary/aromatic N) is 4. The Labute approximate surface area is 239 Å². The molecule has 1 aliphatic heterocycles. The first kappa shape index (κ1) is 29.6. The lowest BCUT2D eigenvalue weighted by atomic mass is 10.0. The van der Waals surface area contributed by atoms with Gasteiger partial charge in [-0.15, -0.1) is 10.2 Å². The molecular formula is C27H30F4N6O4S. The SMILES string of the molecule is COc1cc(S(C)(=O)=O)ccc1NCc1nnc(-c2cc3c(NC4CCN(C)CC4F)cccc3n2CC(F)(F)F)o1. The first-order chi connectivity index (χ1) is 19.8. The summed E-state index contributed by atoms with van der Waals surface area (Å²) in [7, 11) is -0.219. The molecule has 2 atom stereocenters. The average Bonchev–Trinajstić information content (AvgIpc) is 3.53. The van der Waals surface area contributed by atoms with E-state index in [1.165, 1.54) is 31.4 Å². The molecule has 0 aliphatic carbocycles. The lowest BCUT2D eigenvalue weighted by Crippen LogP contribution is -2.46. The summed E-state index contributed by atoms with van der Waals surface area (Å²) in [5.41, 5.74) is 1.30. The van der Waals surface area contributed by atoms with Gasteiger partial charge in [-0.25, -0.2) is 12.8 Å². The van der Waals surface area contributed by atoms with Gasteiger partial charge in [-0.3, -0.25) is 0 Å². The third-order valence-corrected chi connectivity index (χ3v) is 8.20. The molecule has 3 heterocycles. The van der Waals surface area contributed by atoms with Gasteiger partial charge in [0.1, 0.15) is 24.2 Å². The Balaban J connectivity index is 1.44. The number of piperidine rings is 1. The highest BCUT2D eigenvalue weighted by Gasteiger charge is 2.32. The minimum Gasteiger partial charge on any atom is -0.495 e. The molecule has 0 bridgehead atoms. The number of hydrogen-bond donors (Lipinski definition) is 2. The van der Waals surface area contributed by atoms with Crippen LogP contribution < -0.4 is 15.4 Å². The Kier molecular flexibility index (Phi) is 8.07. The van der Waals surface area contributed by atoms with Crippen molar-refractivity contribution < 1.29 is 35.1 Å². The maximum absolute atomic E-state index is 14.7. The molecule has 5 rings (SSSR count). The Morgan fingerprint density at radius 3 is 2.62 bits per heavy atom. The van der Waals surface area contributed by atoms with Gasteiger partial charge in [0.15, 0.2) is 9.84 Å². The van der Waals surface area contributed by atoms with Gasteiger partial charge in [-0.1, -0.05) is 6.07 Å². The van der Waals surface area contributed by atoms with E-state index in [1.54, 1.807) is 18.2 Å². The van der Waals surface area contributed by atoms with E-state index in [0.29, 0.717) is 29.7 Å². The minimum atomic E-state index is -4.54. The highest BCUT2D eigenvalue weighted by molar-refractivity contribution is 7.90. The van der Waals surface area contributed by atoms with Crippen LogP contribution in [0.3, 0.4) is 0 Å². The predicted molar refractivity (Wildman–Crippen MR) is 149 cm³/mol. The van der Waals surface area contributed by atoms with Crippen LogP contribution in [0.1, 0.15) is 12.3 Å². The van der Waals surface area contributed by atoms with E-state index in [-0.39, 0.29) is 46.7 Å². The first-order valence-corrected chi connectivity index (χ1v) is 14.9. The summed E-state index contributed by atoms with van der Waals surface area (Å²) in [6.07, 6.45) is -4.05. The molecule has 2 aromatic heterocycles. The lowest BCUT2D eigenvalue weighted by Gasteiger charge is -2.33. The van der Waals surface area contributed by atoms with Crippen LogP contribution in [0.5, 0.6) is 5.75 Å². The second kappa shape index (κ2) is 11.4. The van der Waals surface area contributed by atoms with Crippen LogP contribution in [0, 0.1) is 0 Å². The topological polar surface area (TPSA) is 115 Å². The third kappa shape index (κ3) is 6.46. The van der Waals surface area contributed by atoms with Gasteiger partial charge in [-0.05, 0) is 43.8 Å². The van der Waals surface area contributed by atoms with Crippen molar-refractivity contribution in [2.45, 2.75) is 42.8 Å². The largest absolute Gasteiger partial charge is 0.495 e. The summed E-state index contributed by atoms with van der Waals surface area (Å²) < 4.78 is 91.6. The molecule has 0 radical (unpaired) electrons. The van der Waals surface area contributed by atoms with Crippen LogP contribution in [0.15, 0.2) is 51.8 Å². The summed E-state index contributed by atoms with van der Waals surface area (Å²) in [5.74, 6) is 0.219. The number of nitrogens with one attached hydrogen (secondary N) is 2. The van der Waals surface area contributed by atoms with Gasteiger partial charge in [0.05, 0.1) is 35.8 Å². The molecule has 2 unspecified atom stereocenters. The molecule has 0 spiro atoms. The number of ether oxygens (including phenoxy) is 1. The van der Waals surface area contributed by atoms with Crippen molar-refractivity contribution in [1.82, 2.24) is 19.7 Å². The fourth-order valence-corrected chi connectivity index (χ4v) is 5.64. The Hall–Kier alpha value is -3.85. The van der Waals surface area contributed by atoms with Crippen molar-refractivity contribution in [3.8, 4) is 17.3 Å². The monoisotopic (exact) mass is 610 g/mol. The van der Waals surface area contributed by atoms with Crippen LogP contribution >= 0.6 is 0 Å². The summed E-state index contributed by atoms with van der Waals surface area (Å²) in [4.78, 5) is 1.97. The van der Waals surface area contributed by atoms with Crippen LogP contribution in [0.25, 0.3) is 22.5 Å². The van der Waals surface area contributed by atoms with Crippen molar-refractivity contribution in [1.29, 1.82) is 0 Å². The average molecular weight is 611 g/mol. The van der Waals surface area contributed by atoms with E-state index in [4.69, 9.17) is 9.15 Å². The molecule has 15 heteroatoms. The van der Waals surface area contributed by atoms with Crippen molar-refractivity contribution in [2.24, 2.45) is 0 Å². The van der Waals surface area contributed by atoms with E-state index >= 15 is 0 Å². The Morgan fingerprint density at radius 2 is 1.93 bits per heavy atom. The first-order valence-electron chi connectivity index (χ1n) is 13.1. The number of likely N-dealkylation sites (tertiary alicyclic amines) is 1. The second-order valence-electron chi connectivity index (χ2n) is 10.3. The molecule has 10 nitrogen and oxygen atoms in total. The number of halogens is 4. The maximum Gasteiger partial charge on any atom is 0.406 e. The fourth-order valence-electron chi connectivity index (χ4n) is 5.00. The number of hydrogen-bond acceptors (Lipinski definition) is 9. The smallest absolute Gasteiger partial charge is 0.406 e. The fraction of sp³-hybridized carbons (Fsp3) is 0.407. The normalized spacial score (nSPS) is 18.4. The Bertz CT molecular complexity index is 1690. The number of anilines is 2. The molecule has 1 aliphatic rings. The van der Waals surface area contributed by atoms with Gasteiger partial charge < -0.3 is 29.3 Å². The van der Waals surface area contributed by atoms with Crippen molar-refractivity contribution in [3.05, 3.63) is 48.4 Å². The number of alkyl halides is 4. The van der Waals surface area contributed by atoms with E-state index < -0.39 is 34.8 Å². The second-order valence-corrected chi connectivity index (χ2v) is 12.3. The van der Waals surface area contributed by atoms with Crippen molar-refractivity contribution in [3.63, 3.8) is 0 Å². The number of fused-ring (bicyclic) bond motifs is 1. The van der Waals surface area contributed by atoms with E-state index in [9.17, 15) is 26.0 Å². The van der Waals surface area contributed by atoms with Crippen molar-refractivity contribution >= 4 is 32.1 Å². The minimum absolute atomic E-state index is 0.0120. The molecule has 42 heavy (non-hydrogen) atoms. The molecule has 0 saturated carbocycles. The molecule has 4 aromatic rings. The van der Waals surface area contributed by atoms with Crippen LogP contribution in [0.2, 0.25) is 0 Å². The number of aromatic nitrogens is 3. The number of sulfone groups is 1. The molecule has 1 saturated heterocycles. The highest BCUT2D eigenvalue weighted by Crippen LogP contribution is 2.36. The van der Waals surface area contributed by atoms with Gasteiger partial charge in [0, 0.05) is 36.5 Å². The third-order valence-electron chi connectivity index (χ3n) is 7.09. The van der Waals surface area contributed by atoms with E-state index in [0.717, 1.165) is 10.8 Å². The zero-order valence-corrected chi connectivity index (χ0v) is 23.9. The van der Waals surface area contributed by atoms with Crippen LogP contribution in [0.4, 0.5) is 28.9 Å². The summed E-state index contributed by atoms with van der Waals surface area (Å²) in [6, 6.07) is 10.2. The van der Waals surface area contributed by atoms with Gasteiger partial charge in [-0.2, -0.15) is 13.2 Å². The summed E-state index contributed by atoms with van der Waals surface area (Å²) >= 11 is 0. The van der Waals surface area contributed by atoms with Crippen molar-refractivity contribution in [2.75, 3.05) is 44.1 Å². The summed E-state index contributed by atoms with van der Waals surface area (Å²) in [5, 5.41) is 14.7. The maximum atomic E-state index is 14.7. The lowest BCUT2D eigenvalue weighted by molar-refractivity contribution is -0.139. The van der Waals surface area contributed by atoms with Crippen LogP contribution in [-0.4, -0.2) is 80.0 Å². The molecular weight excluding hydrogens is 580 g/mol. The summed E-state index contributed by atoms with van der Waals surface area (Å²) in [6.45, 7) is -0.349. The van der Waals surface area contributed by atoms with Gasteiger partial charge in [0.2, 0.25) is 5.89 Å². The quantitative estimate of drug-likeness (QED) is 0.260. The predicted octanol–water partition coefficient (Wildman–Crippen LogP) is 4.73. The van der Waals surface area contributed by atoms with Gasteiger partial charge >= 0.3 is 6.18 Å². The zero-order valence-electron chi connectivity index (χ0n) is 23.1. The molecule has 2 N–H and O–H groups in total. The highest BCUT2D eigenvalue weighted by atomic mass is 32.2. The molecule has 0 amide bonds. The van der Waals surface area contributed by atoms with E-state index in [2.05, 4.69) is 20.8 Å². The molecule has 2 aromatic carbocycles. The number of rotatable bonds is 9. The Morgan fingerprint density at radius 1 is 1.14 bits per heavy atom. The molecule has 1 fully saturated rings. The van der Waals surface area contributed by atoms with E-state index in [1.807, 2.05) is 11.9 Å². The van der Waals surface area contributed by atoms with Gasteiger partial charge in [0.25, 0.3) is 5.89 Å². The number of benzene rings is 2. The zero-order chi connectivity index (χ0) is 30.2. The molecule has 226 valence electrons. The van der Waals surface area contributed by atoms with Crippen LogP contribution in [-0.2, 0) is 22.9 Å². The number of methoxy groups -OCH3 is 1.